The van der Waals surface area contributed by atoms with Gasteiger partial charge in [0.05, 0.1) is 5.56 Å². The number of phenolic OH excluding ortho intramolecular Hbond substituents is 2. The van der Waals surface area contributed by atoms with Gasteiger partial charge in [-0.1, -0.05) is 32.6 Å². The molecule has 3 heterocycles. The molecule has 13 heteroatoms. The minimum atomic E-state index is -4.61. The second-order valence-electron chi connectivity index (χ2n) is 12.0. The molecule has 4 N–H and O–H groups in total. The van der Waals surface area contributed by atoms with Gasteiger partial charge in [0.2, 0.25) is 5.82 Å². The van der Waals surface area contributed by atoms with Crippen molar-refractivity contribution in [2.45, 2.75) is 45.3 Å². The van der Waals surface area contributed by atoms with E-state index in [4.69, 9.17) is 0 Å². The number of allylic oxidation sites excluding steroid dienone is 1. The fraction of sp³-hybridized carbons (Fsp3) is 0.469. The molecule has 2 aromatic carbocycles. The van der Waals surface area contributed by atoms with E-state index in [1.54, 1.807) is 18.2 Å². The number of phenols is 2. The summed E-state index contributed by atoms with van der Waals surface area (Å²) in [4.78, 5) is 17.7. The zero-order chi connectivity index (χ0) is 32.3. The Balaban J connectivity index is 1.36. The summed E-state index contributed by atoms with van der Waals surface area (Å²) in [7, 11) is 0. The topological polar surface area (TPSA) is 119 Å². The molecule has 3 aromatic rings. The first kappa shape index (κ1) is 32.3. The van der Waals surface area contributed by atoms with E-state index in [2.05, 4.69) is 31.9 Å². The lowest BCUT2D eigenvalue weighted by molar-refractivity contribution is -0.123. The van der Waals surface area contributed by atoms with Crippen molar-refractivity contribution in [3.63, 3.8) is 0 Å². The Bertz CT molecular complexity index is 1510. The summed E-state index contributed by atoms with van der Waals surface area (Å²) in [6.45, 7) is 13.1. The van der Waals surface area contributed by atoms with Gasteiger partial charge in [-0.3, -0.25) is 14.3 Å². The molecular weight excluding hydrogens is 587 g/mol. The molecule has 2 aliphatic rings. The van der Waals surface area contributed by atoms with E-state index in [0.29, 0.717) is 17.2 Å². The van der Waals surface area contributed by atoms with Crippen LogP contribution in [0.1, 0.15) is 54.4 Å². The van der Waals surface area contributed by atoms with Gasteiger partial charge < -0.3 is 25.7 Å². The molecule has 0 aliphatic carbocycles. The molecule has 2 aliphatic heterocycles. The molecule has 1 aromatic heterocycles. The molecule has 0 saturated carbocycles. The minimum Gasteiger partial charge on any atom is -0.508 e. The van der Waals surface area contributed by atoms with Gasteiger partial charge >= 0.3 is 6.18 Å². The summed E-state index contributed by atoms with van der Waals surface area (Å²) in [6.07, 6.45) is -2.54. The Labute approximate surface area is 260 Å². The third-order valence-corrected chi connectivity index (χ3v) is 8.51. The molecule has 45 heavy (non-hydrogen) atoms. The third-order valence-electron chi connectivity index (χ3n) is 8.51. The Kier molecular flexibility index (Phi) is 9.68. The Hall–Kier alpha value is -4.10. The number of nitrogens with zero attached hydrogens (tertiary/aromatic N) is 5. The highest BCUT2D eigenvalue weighted by Crippen LogP contribution is 2.38. The Morgan fingerprint density at radius 3 is 2.33 bits per heavy atom. The summed E-state index contributed by atoms with van der Waals surface area (Å²) >= 11 is 0. The predicted octanol–water partition coefficient (Wildman–Crippen LogP) is 4.39. The number of halogens is 3. The van der Waals surface area contributed by atoms with Crippen molar-refractivity contribution in [2.75, 3.05) is 45.8 Å². The highest BCUT2D eigenvalue weighted by atomic mass is 19.4. The van der Waals surface area contributed by atoms with E-state index in [-0.39, 0.29) is 34.6 Å². The fourth-order valence-corrected chi connectivity index (χ4v) is 5.99. The number of alkyl halides is 3. The van der Waals surface area contributed by atoms with E-state index in [1.165, 1.54) is 16.3 Å². The number of nitrogens with one attached hydrogen (secondary N) is 2. The zero-order valence-corrected chi connectivity index (χ0v) is 25.6. The van der Waals surface area contributed by atoms with E-state index in [1.807, 2.05) is 31.3 Å². The molecule has 10 nitrogen and oxygen atoms in total. The predicted molar refractivity (Wildman–Crippen MR) is 164 cm³/mol. The number of hydrogen-bond donors (Lipinski definition) is 4. The highest BCUT2D eigenvalue weighted by Gasteiger charge is 2.31. The van der Waals surface area contributed by atoms with Gasteiger partial charge in [0, 0.05) is 56.1 Å². The van der Waals surface area contributed by atoms with Gasteiger partial charge in [0.15, 0.2) is 5.82 Å². The lowest BCUT2D eigenvalue weighted by atomic mass is 9.92. The lowest BCUT2D eigenvalue weighted by Crippen LogP contribution is -2.45. The van der Waals surface area contributed by atoms with Crippen LogP contribution in [0.2, 0.25) is 0 Å². The second-order valence-corrected chi connectivity index (χ2v) is 12.0. The normalized spacial score (nSPS) is 16.7. The summed E-state index contributed by atoms with van der Waals surface area (Å²) in [5.41, 5.74) is 3.40. The smallest absolute Gasteiger partial charge is 0.405 e. The number of carbonyl (C=O) groups is 1. The summed E-state index contributed by atoms with van der Waals surface area (Å²) in [6, 6.07) is 10.0. The minimum absolute atomic E-state index is 0.0473. The number of piperidine rings is 1. The van der Waals surface area contributed by atoms with Crippen LogP contribution in [0, 0.1) is 5.92 Å². The number of piperazine rings is 1. The van der Waals surface area contributed by atoms with Crippen molar-refractivity contribution in [1.82, 2.24) is 35.2 Å². The monoisotopic (exact) mass is 627 g/mol. The number of hydrogen-bond acceptors (Lipinski definition) is 8. The molecule has 0 bridgehead atoms. The van der Waals surface area contributed by atoms with Crippen LogP contribution in [-0.2, 0) is 6.54 Å². The van der Waals surface area contributed by atoms with Gasteiger partial charge in [0.25, 0.3) is 5.91 Å². The summed E-state index contributed by atoms with van der Waals surface area (Å²) in [5.74, 6) is -1.45. The maximum atomic E-state index is 12.9. The molecule has 0 unspecified atom stereocenters. The average Bonchev–Trinajstić information content (AvgIpc) is 3.45. The van der Waals surface area contributed by atoms with Crippen LogP contribution in [-0.4, -0.2) is 92.7 Å². The van der Waals surface area contributed by atoms with Crippen LogP contribution < -0.4 is 10.6 Å². The van der Waals surface area contributed by atoms with E-state index in [0.717, 1.165) is 64.2 Å². The molecule has 1 amide bonds. The number of amides is 1. The molecule has 0 radical (unpaired) electrons. The van der Waals surface area contributed by atoms with E-state index >= 15 is 0 Å². The van der Waals surface area contributed by atoms with E-state index < -0.39 is 18.6 Å². The number of benzene rings is 2. The largest absolute Gasteiger partial charge is 0.508 e. The zero-order valence-electron chi connectivity index (χ0n) is 25.6. The molecular formula is C32H40F3N7O3. The maximum Gasteiger partial charge on any atom is 0.405 e. The Morgan fingerprint density at radius 2 is 1.71 bits per heavy atom. The number of likely N-dealkylation sites (tertiary alicyclic amines) is 1. The van der Waals surface area contributed by atoms with Crippen molar-refractivity contribution in [3.8, 4) is 28.6 Å². The van der Waals surface area contributed by atoms with Gasteiger partial charge in [-0.05, 0) is 61.2 Å². The number of aromatic hydroxyl groups is 2. The first-order valence-corrected chi connectivity index (χ1v) is 15.2. The molecule has 0 atom stereocenters. The van der Waals surface area contributed by atoms with Gasteiger partial charge in [-0.15, -0.1) is 10.2 Å². The second kappa shape index (κ2) is 13.5. The van der Waals surface area contributed by atoms with Crippen molar-refractivity contribution in [1.29, 1.82) is 0 Å². The molecule has 0 spiro atoms. The summed E-state index contributed by atoms with van der Waals surface area (Å²) in [5, 5.41) is 34.3. The van der Waals surface area contributed by atoms with Gasteiger partial charge in [-0.25, -0.2) is 0 Å². The van der Waals surface area contributed by atoms with Crippen molar-refractivity contribution in [2.24, 2.45) is 5.92 Å². The van der Waals surface area contributed by atoms with Gasteiger partial charge in [-0.2, -0.15) is 13.2 Å². The molecule has 242 valence electrons. The van der Waals surface area contributed by atoms with E-state index in [9.17, 15) is 28.2 Å². The first-order valence-electron chi connectivity index (χ1n) is 15.2. The van der Waals surface area contributed by atoms with Crippen LogP contribution in [0.25, 0.3) is 17.1 Å². The fourth-order valence-electron chi connectivity index (χ4n) is 5.99. The maximum absolute atomic E-state index is 12.9. The van der Waals surface area contributed by atoms with Crippen molar-refractivity contribution in [3.05, 3.63) is 65.6 Å². The molecule has 2 fully saturated rings. The quantitative estimate of drug-likeness (QED) is 0.276. The van der Waals surface area contributed by atoms with Crippen LogP contribution in [0.3, 0.4) is 0 Å². The number of aromatic nitrogens is 3. The molecule has 2 saturated heterocycles. The van der Waals surface area contributed by atoms with Crippen molar-refractivity contribution < 1.29 is 28.2 Å². The highest BCUT2D eigenvalue weighted by molar-refractivity contribution is 5.92. The van der Waals surface area contributed by atoms with Crippen LogP contribution >= 0.6 is 0 Å². The van der Waals surface area contributed by atoms with Gasteiger partial charge in [0.1, 0.15) is 18.0 Å². The van der Waals surface area contributed by atoms with Crippen LogP contribution in [0.4, 0.5) is 13.2 Å². The number of rotatable bonds is 9. The number of carbonyl (C=O) groups excluding carboxylic acids is 1. The summed E-state index contributed by atoms with van der Waals surface area (Å²) < 4.78 is 40.0. The Morgan fingerprint density at radius 1 is 1.04 bits per heavy atom. The average molecular weight is 628 g/mol. The first-order chi connectivity index (χ1) is 21.4. The van der Waals surface area contributed by atoms with Crippen LogP contribution in [0.15, 0.2) is 48.7 Å². The standard InChI is InChI=1S/C32H40F3N7O3/c1-20(2)25-16-26(28(44)17-27(25)43)29-38-39-30(31(45)37-19-32(33,34)35)42(29)24-6-4-22(5-7-24)18-40-12-8-23(9-13-40)21(3)41-14-10-36-11-15-41/h4-7,16-17,20,23,36,43-44H,3,8-15,18-19H2,1-2H3,(H,37,45). The van der Waals surface area contributed by atoms with Crippen LogP contribution in [0.5, 0.6) is 11.5 Å². The third kappa shape index (κ3) is 7.59. The lowest BCUT2D eigenvalue weighted by Gasteiger charge is -2.39. The molecule has 5 rings (SSSR count). The SMILES string of the molecule is C=C(C1CCN(Cc2ccc(-n3c(C(=O)NCC(F)(F)F)nnc3-c3cc(C(C)C)c(O)cc3O)cc2)CC1)N1CCNCC1. The van der Waals surface area contributed by atoms with Crippen molar-refractivity contribution >= 4 is 5.91 Å².